The molecule has 11 aromatic rings. The second-order valence-electron chi connectivity index (χ2n) is 15.7. The van der Waals surface area contributed by atoms with Crippen molar-refractivity contribution in [3.8, 4) is 6.07 Å². The van der Waals surface area contributed by atoms with Crippen molar-refractivity contribution in [3.63, 3.8) is 0 Å². The lowest BCUT2D eigenvalue weighted by atomic mass is 9.96. The fraction of sp³-hybridized carbons (Fsp3) is 0.0370. The zero-order valence-corrected chi connectivity index (χ0v) is 34.0. The van der Waals surface area contributed by atoms with Crippen LogP contribution in [0.25, 0.3) is 70.3 Å². The molecule has 0 bridgehead atoms. The number of hydrogen-bond acceptors (Lipinski definition) is 5. The predicted octanol–water partition coefficient (Wildman–Crippen LogP) is 17.2. The Morgan fingerprint density at radius 3 is 1.17 bits per heavy atom. The number of anilines is 6. The average Bonchev–Trinajstić information content (AvgIpc) is 3.90. The molecule has 11 rings (SSSR count). The van der Waals surface area contributed by atoms with Crippen molar-refractivity contribution in [2.75, 3.05) is 9.80 Å². The summed E-state index contributed by atoms with van der Waals surface area (Å²) in [5.74, 6) is 0. The molecule has 0 saturated heterocycles. The van der Waals surface area contributed by atoms with Gasteiger partial charge in [-0.3, -0.25) is 0 Å². The molecule has 318 valence electrons. The van der Waals surface area contributed by atoms with Crippen LogP contribution in [0, 0.1) is 17.9 Å². The van der Waals surface area contributed by atoms with E-state index in [0.717, 1.165) is 67.4 Å². The predicted molar refractivity (Wildman–Crippen MR) is 246 cm³/mol. The maximum Gasteiger partial charge on any atom is 0.416 e. The van der Waals surface area contributed by atoms with Gasteiger partial charge in [0, 0.05) is 67.2 Å². The van der Waals surface area contributed by atoms with Gasteiger partial charge < -0.3 is 18.6 Å². The highest BCUT2D eigenvalue weighted by atomic mass is 19.4. The molecular weight excluding hydrogens is 851 g/mol. The summed E-state index contributed by atoms with van der Waals surface area (Å²) in [6.45, 7) is 7.50. The van der Waals surface area contributed by atoms with E-state index in [1.165, 1.54) is 24.3 Å². The minimum atomic E-state index is -4.54. The van der Waals surface area contributed by atoms with Crippen molar-refractivity contribution < 1.29 is 35.2 Å². The number of fused-ring (bicyclic) bond motifs is 11. The van der Waals surface area contributed by atoms with Crippen LogP contribution in [0.1, 0.15) is 16.7 Å². The lowest BCUT2D eigenvalue weighted by Crippen LogP contribution is -2.11. The molecule has 0 amide bonds. The number of alkyl halides is 6. The van der Waals surface area contributed by atoms with E-state index in [1.807, 2.05) is 82.6 Å². The SMILES string of the molecule is [C-]#[N+]c1ccc(N(c2ccc(C(F)(F)F)cc2)c2cc3oc4ccc5oc6cc(N(c7ccc(C#N)cc7)c7ccc(C(F)(F)F)cc7)c7ccccc7c6c5c4c3c3ccccc23)cc1. The third kappa shape index (κ3) is 6.50. The maximum atomic E-state index is 13.8. The smallest absolute Gasteiger partial charge is 0.416 e. The van der Waals surface area contributed by atoms with Crippen LogP contribution in [0.2, 0.25) is 0 Å². The van der Waals surface area contributed by atoms with E-state index in [1.54, 1.807) is 48.5 Å². The van der Waals surface area contributed by atoms with Gasteiger partial charge in [-0.25, -0.2) is 4.85 Å². The van der Waals surface area contributed by atoms with Gasteiger partial charge in [0.2, 0.25) is 0 Å². The second-order valence-corrected chi connectivity index (χ2v) is 15.7. The van der Waals surface area contributed by atoms with Crippen molar-refractivity contribution >= 4 is 105 Å². The highest BCUT2D eigenvalue weighted by Gasteiger charge is 2.32. The Kier molecular flexibility index (Phi) is 9.06. The first kappa shape index (κ1) is 40.1. The molecule has 2 heterocycles. The number of hydrogen-bond donors (Lipinski definition) is 0. The Balaban J connectivity index is 1.17. The topological polar surface area (TPSA) is 60.9 Å². The highest BCUT2D eigenvalue weighted by molar-refractivity contribution is 6.35. The lowest BCUT2D eigenvalue weighted by molar-refractivity contribution is -0.138. The molecule has 6 nitrogen and oxygen atoms in total. The first-order chi connectivity index (χ1) is 31.9. The monoisotopic (exact) mass is 878 g/mol. The van der Waals surface area contributed by atoms with Crippen LogP contribution in [0.3, 0.4) is 0 Å². The molecule has 0 saturated carbocycles. The summed E-state index contributed by atoms with van der Waals surface area (Å²) >= 11 is 0. The van der Waals surface area contributed by atoms with Crippen molar-refractivity contribution in [1.29, 1.82) is 5.26 Å². The van der Waals surface area contributed by atoms with E-state index in [2.05, 4.69) is 10.9 Å². The molecule has 0 atom stereocenters. The van der Waals surface area contributed by atoms with Gasteiger partial charge in [-0.2, -0.15) is 31.6 Å². The molecular formula is C54H28F6N4O2. The van der Waals surface area contributed by atoms with Crippen LogP contribution in [-0.4, -0.2) is 0 Å². The number of nitrogens with zero attached hydrogens (tertiary/aromatic N) is 4. The van der Waals surface area contributed by atoms with Crippen LogP contribution >= 0.6 is 0 Å². The van der Waals surface area contributed by atoms with Gasteiger partial charge in [-0.1, -0.05) is 60.7 Å². The highest BCUT2D eigenvalue weighted by Crippen LogP contribution is 2.51. The molecule has 0 aliphatic carbocycles. The van der Waals surface area contributed by atoms with Crippen LogP contribution in [-0.2, 0) is 12.4 Å². The molecule has 2 aromatic heterocycles. The van der Waals surface area contributed by atoms with E-state index < -0.39 is 23.5 Å². The van der Waals surface area contributed by atoms with Crippen LogP contribution in [0.4, 0.5) is 66.2 Å². The number of benzene rings is 9. The van der Waals surface area contributed by atoms with E-state index in [0.29, 0.717) is 67.7 Å². The second kappa shape index (κ2) is 14.9. The van der Waals surface area contributed by atoms with Gasteiger partial charge in [-0.15, -0.1) is 0 Å². The maximum absolute atomic E-state index is 13.8. The van der Waals surface area contributed by atoms with E-state index in [4.69, 9.17) is 15.4 Å². The van der Waals surface area contributed by atoms with Crippen molar-refractivity contribution in [2.45, 2.75) is 12.4 Å². The fourth-order valence-corrected chi connectivity index (χ4v) is 8.99. The fourth-order valence-electron chi connectivity index (χ4n) is 8.99. The van der Waals surface area contributed by atoms with E-state index >= 15 is 0 Å². The number of halogens is 6. The molecule has 66 heavy (non-hydrogen) atoms. The Morgan fingerprint density at radius 1 is 0.439 bits per heavy atom. The summed E-state index contributed by atoms with van der Waals surface area (Å²) in [5.41, 5.74) is 4.74. The Bertz CT molecular complexity index is 3550. The molecule has 0 aliphatic rings. The van der Waals surface area contributed by atoms with Crippen LogP contribution in [0.5, 0.6) is 0 Å². The summed E-state index contributed by atoms with van der Waals surface area (Å²) in [7, 11) is 0. The van der Waals surface area contributed by atoms with Gasteiger partial charge in [0.15, 0.2) is 5.69 Å². The Hall–Kier alpha value is -8.74. The molecule has 0 fully saturated rings. The van der Waals surface area contributed by atoms with Gasteiger partial charge >= 0.3 is 12.4 Å². The van der Waals surface area contributed by atoms with E-state index in [-0.39, 0.29) is 0 Å². The molecule has 12 heteroatoms. The largest absolute Gasteiger partial charge is 0.456 e. The standard InChI is InChI=1S/C54H28F6N4O2/c1-62-34-16-24-38(25-17-34)64(37-22-14-33(15-23-37)54(58,59)60)44-29-48-50(42-9-5-3-7-40(42)44)52-46(66-48)27-26-45-51(52)49-41-8-4-2-6-39(41)43(28-47(49)65-45)63(35-18-10-31(30-61)11-19-35)36-20-12-32(13-21-36)53(55,56)57/h2-29H. The third-order valence-electron chi connectivity index (χ3n) is 11.9. The Morgan fingerprint density at radius 2 is 0.803 bits per heavy atom. The number of furan rings is 2. The van der Waals surface area contributed by atoms with Crippen molar-refractivity contribution in [2.24, 2.45) is 0 Å². The molecule has 9 aromatic carbocycles. The minimum Gasteiger partial charge on any atom is -0.456 e. The van der Waals surface area contributed by atoms with Crippen molar-refractivity contribution in [3.05, 3.63) is 198 Å². The van der Waals surface area contributed by atoms with Gasteiger partial charge in [0.05, 0.1) is 40.7 Å². The molecule has 0 spiro atoms. The van der Waals surface area contributed by atoms with Crippen LogP contribution in [0.15, 0.2) is 179 Å². The van der Waals surface area contributed by atoms with Crippen molar-refractivity contribution in [1.82, 2.24) is 0 Å². The molecule has 0 N–H and O–H groups in total. The quantitative estimate of drug-likeness (QED) is 0.123. The zero-order chi connectivity index (χ0) is 45.5. The normalized spacial score (nSPS) is 12.1. The third-order valence-corrected chi connectivity index (χ3v) is 11.9. The van der Waals surface area contributed by atoms with Gasteiger partial charge in [0.1, 0.15) is 22.3 Å². The molecule has 0 aliphatic heterocycles. The summed E-state index contributed by atoms with van der Waals surface area (Å²) in [4.78, 5) is 7.21. The average molecular weight is 879 g/mol. The van der Waals surface area contributed by atoms with Gasteiger partial charge in [0.25, 0.3) is 0 Å². The first-order valence-corrected chi connectivity index (χ1v) is 20.5. The summed E-state index contributed by atoms with van der Waals surface area (Å²) < 4.78 is 96.0. The number of nitriles is 1. The summed E-state index contributed by atoms with van der Waals surface area (Å²) in [6.07, 6.45) is -9.07. The Labute approximate surface area is 370 Å². The first-order valence-electron chi connectivity index (χ1n) is 20.5. The lowest BCUT2D eigenvalue weighted by Gasteiger charge is -2.27. The molecule has 0 radical (unpaired) electrons. The van der Waals surface area contributed by atoms with Crippen LogP contribution < -0.4 is 9.80 Å². The minimum absolute atomic E-state index is 0.404. The van der Waals surface area contributed by atoms with E-state index in [9.17, 15) is 31.6 Å². The van der Waals surface area contributed by atoms with Gasteiger partial charge in [-0.05, 0) is 108 Å². The summed E-state index contributed by atoms with van der Waals surface area (Å²) in [5, 5.41) is 15.8. The number of rotatable bonds is 6. The molecule has 0 unspecified atom stereocenters. The summed E-state index contributed by atoms with van der Waals surface area (Å²) in [6, 6.07) is 48.4. The zero-order valence-electron chi connectivity index (χ0n) is 34.0.